The molecule has 0 fully saturated rings. The van der Waals surface area contributed by atoms with E-state index in [1.165, 1.54) is 5.56 Å². The Balaban J connectivity index is 1.62. The van der Waals surface area contributed by atoms with E-state index in [9.17, 15) is 4.79 Å². The molecule has 0 spiro atoms. The Kier molecular flexibility index (Phi) is 6.45. The Labute approximate surface area is 131 Å². The van der Waals surface area contributed by atoms with Gasteiger partial charge in [-0.25, -0.2) is 0 Å². The van der Waals surface area contributed by atoms with E-state index in [-0.39, 0.29) is 5.91 Å². The molecule has 4 heteroatoms. The molecule has 0 bridgehead atoms. The van der Waals surface area contributed by atoms with Crippen molar-refractivity contribution in [1.82, 2.24) is 10.6 Å². The molecule has 2 aromatic carbocycles. The Hall–Kier alpha value is -2.33. The Morgan fingerprint density at radius 2 is 1.82 bits per heavy atom. The predicted molar refractivity (Wildman–Crippen MR) is 87.9 cm³/mol. The molecule has 0 aliphatic carbocycles. The zero-order valence-corrected chi connectivity index (χ0v) is 12.8. The van der Waals surface area contributed by atoms with E-state index in [0.717, 1.165) is 24.3 Å². The molecule has 0 aromatic heterocycles. The van der Waals surface area contributed by atoms with Crippen molar-refractivity contribution in [2.24, 2.45) is 0 Å². The summed E-state index contributed by atoms with van der Waals surface area (Å²) in [6, 6.07) is 17.9. The minimum atomic E-state index is 0.00879. The highest BCUT2D eigenvalue weighted by Crippen LogP contribution is 2.12. The van der Waals surface area contributed by atoms with Gasteiger partial charge in [0.05, 0.1) is 13.7 Å². The van der Waals surface area contributed by atoms with Crippen LogP contribution in [0.2, 0.25) is 0 Å². The van der Waals surface area contributed by atoms with Crippen molar-refractivity contribution in [3.05, 3.63) is 65.7 Å². The van der Waals surface area contributed by atoms with E-state index < -0.39 is 0 Å². The van der Waals surface area contributed by atoms with Crippen molar-refractivity contribution < 1.29 is 9.53 Å². The molecule has 0 heterocycles. The van der Waals surface area contributed by atoms with Crippen molar-refractivity contribution in [2.45, 2.75) is 13.0 Å². The number of nitrogens with one attached hydrogen (secondary N) is 2. The zero-order valence-electron chi connectivity index (χ0n) is 12.8. The van der Waals surface area contributed by atoms with Crippen molar-refractivity contribution in [2.75, 3.05) is 20.2 Å². The minimum absolute atomic E-state index is 0.00879. The molecule has 0 aliphatic heterocycles. The molecule has 116 valence electrons. The molecule has 0 saturated heterocycles. The van der Waals surface area contributed by atoms with E-state index in [4.69, 9.17) is 4.74 Å². The van der Waals surface area contributed by atoms with Crippen LogP contribution < -0.4 is 15.4 Å². The molecule has 0 atom stereocenters. The topological polar surface area (TPSA) is 50.4 Å². The summed E-state index contributed by atoms with van der Waals surface area (Å²) in [5, 5.41) is 6.05. The molecular formula is C18H22N2O2. The second-order valence-corrected chi connectivity index (χ2v) is 5.04. The fraction of sp³-hybridized carbons (Fsp3) is 0.278. The second kappa shape index (κ2) is 8.85. The number of carbonyl (C=O) groups excluding carboxylic acids is 1. The van der Waals surface area contributed by atoms with Gasteiger partial charge in [0.15, 0.2) is 0 Å². The molecule has 2 N–H and O–H groups in total. The van der Waals surface area contributed by atoms with Gasteiger partial charge in [0, 0.05) is 6.54 Å². The SMILES string of the molecule is COc1cccc(CCNCC(=O)NCc2ccccc2)c1. The number of carbonyl (C=O) groups is 1. The summed E-state index contributed by atoms with van der Waals surface area (Å²) >= 11 is 0. The maximum Gasteiger partial charge on any atom is 0.234 e. The molecule has 1 amide bonds. The van der Waals surface area contributed by atoms with Gasteiger partial charge in [-0.05, 0) is 36.2 Å². The summed E-state index contributed by atoms with van der Waals surface area (Å²) in [7, 11) is 1.66. The number of hydrogen-bond acceptors (Lipinski definition) is 3. The molecule has 22 heavy (non-hydrogen) atoms. The van der Waals surface area contributed by atoms with Gasteiger partial charge >= 0.3 is 0 Å². The van der Waals surface area contributed by atoms with E-state index in [1.54, 1.807) is 7.11 Å². The lowest BCUT2D eigenvalue weighted by atomic mass is 10.1. The van der Waals surface area contributed by atoms with Crippen LogP contribution in [0.4, 0.5) is 0 Å². The molecule has 0 aliphatic rings. The number of ether oxygens (including phenoxy) is 1. The maximum atomic E-state index is 11.7. The van der Waals surface area contributed by atoms with Crippen LogP contribution in [0, 0.1) is 0 Å². The summed E-state index contributed by atoms with van der Waals surface area (Å²) in [4.78, 5) is 11.7. The average Bonchev–Trinajstić information content (AvgIpc) is 2.58. The van der Waals surface area contributed by atoms with Gasteiger partial charge in [-0.2, -0.15) is 0 Å². The second-order valence-electron chi connectivity index (χ2n) is 5.04. The van der Waals surface area contributed by atoms with E-state index >= 15 is 0 Å². The first-order valence-corrected chi connectivity index (χ1v) is 7.42. The van der Waals surface area contributed by atoms with Gasteiger partial charge in [0.1, 0.15) is 5.75 Å². The van der Waals surface area contributed by atoms with Gasteiger partial charge < -0.3 is 15.4 Å². The lowest BCUT2D eigenvalue weighted by molar-refractivity contribution is -0.120. The van der Waals surface area contributed by atoms with Crippen LogP contribution in [0.25, 0.3) is 0 Å². The third-order valence-electron chi connectivity index (χ3n) is 3.34. The summed E-state index contributed by atoms with van der Waals surface area (Å²) in [5.41, 5.74) is 2.30. The van der Waals surface area contributed by atoms with Crippen LogP contribution in [0.5, 0.6) is 5.75 Å². The van der Waals surface area contributed by atoms with Crippen LogP contribution in [0.1, 0.15) is 11.1 Å². The first kappa shape index (κ1) is 16.0. The number of hydrogen-bond donors (Lipinski definition) is 2. The molecule has 0 unspecified atom stereocenters. The van der Waals surface area contributed by atoms with Crippen LogP contribution in [0.15, 0.2) is 54.6 Å². The van der Waals surface area contributed by atoms with Crippen molar-refractivity contribution >= 4 is 5.91 Å². The van der Waals surface area contributed by atoms with E-state index in [1.807, 2.05) is 48.5 Å². The van der Waals surface area contributed by atoms with Crippen LogP contribution in [0.3, 0.4) is 0 Å². The Morgan fingerprint density at radius 3 is 2.59 bits per heavy atom. The van der Waals surface area contributed by atoms with Gasteiger partial charge in [0.2, 0.25) is 5.91 Å². The van der Waals surface area contributed by atoms with Crippen LogP contribution in [-0.2, 0) is 17.8 Å². The lowest BCUT2D eigenvalue weighted by Crippen LogP contribution is -2.34. The fourth-order valence-corrected chi connectivity index (χ4v) is 2.12. The maximum absolute atomic E-state index is 11.7. The quantitative estimate of drug-likeness (QED) is 0.734. The molecule has 0 saturated carbocycles. The Morgan fingerprint density at radius 1 is 1.05 bits per heavy atom. The first-order chi connectivity index (χ1) is 10.8. The summed E-state index contributed by atoms with van der Waals surface area (Å²) in [6.07, 6.45) is 0.864. The molecular weight excluding hydrogens is 276 g/mol. The van der Waals surface area contributed by atoms with E-state index in [0.29, 0.717) is 13.1 Å². The minimum Gasteiger partial charge on any atom is -0.497 e. The number of amides is 1. The highest BCUT2D eigenvalue weighted by molar-refractivity contribution is 5.77. The number of benzene rings is 2. The third kappa shape index (κ3) is 5.58. The summed E-state index contributed by atoms with van der Waals surface area (Å²) < 4.78 is 5.19. The largest absolute Gasteiger partial charge is 0.497 e. The van der Waals surface area contributed by atoms with Gasteiger partial charge in [-0.3, -0.25) is 4.79 Å². The first-order valence-electron chi connectivity index (χ1n) is 7.42. The van der Waals surface area contributed by atoms with E-state index in [2.05, 4.69) is 16.7 Å². The standard InChI is InChI=1S/C18H22N2O2/c1-22-17-9-5-8-15(12-17)10-11-19-14-18(21)20-13-16-6-3-2-4-7-16/h2-9,12,19H,10-11,13-14H2,1H3,(H,20,21). The Bertz CT molecular complexity index is 585. The predicted octanol–water partition coefficient (Wildman–Crippen LogP) is 2.14. The summed E-state index contributed by atoms with van der Waals surface area (Å²) in [6.45, 7) is 1.65. The fourth-order valence-electron chi connectivity index (χ4n) is 2.12. The van der Waals surface area contributed by atoms with Crippen molar-refractivity contribution in [3.8, 4) is 5.75 Å². The van der Waals surface area contributed by atoms with Gasteiger partial charge in [-0.1, -0.05) is 42.5 Å². The van der Waals surface area contributed by atoms with Crippen molar-refractivity contribution in [1.29, 1.82) is 0 Å². The van der Waals surface area contributed by atoms with Crippen molar-refractivity contribution in [3.63, 3.8) is 0 Å². The molecule has 0 radical (unpaired) electrons. The average molecular weight is 298 g/mol. The monoisotopic (exact) mass is 298 g/mol. The van der Waals surface area contributed by atoms with Crippen LogP contribution >= 0.6 is 0 Å². The normalized spacial score (nSPS) is 10.2. The van der Waals surface area contributed by atoms with Gasteiger partial charge in [0.25, 0.3) is 0 Å². The smallest absolute Gasteiger partial charge is 0.234 e. The van der Waals surface area contributed by atoms with Gasteiger partial charge in [-0.15, -0.1) is 0 Å². The molecule has 4 nitrogen and oxygen atoms in total. The summed E-state index contributed by atoms with van der Waals surface area (Å²) in [5.74, 6) is 0.868. The molecule has 2 rings (SSSR count). The number of rotatable bonds is 8. The number of methoxy groups -OCH3 is 1. The zero-order chi connectivity index (χ0) is 15.6. The van der Waals surface area contributed by atoms with Crippen LogP contribution in [-0.4, -0.2) is 26.1 Å². The highest BCUT2D eigenvalue weighted by Gasteiger charge is 2.01. The highest BCUT2D eigenvalue weighted by atomic mass is 16.5. The molecule has 2 aromatic rings. The third-order valence-corrected chi connectivity index (χ3v) is 3.34. The lowest BCUT2D eigenvalue weighted by Gasteiger charge is -2.08.